The van der Waals surface area contributed by atoms with E-state index in [2.05, 4.69) is 25.8 Å². The molecule has 0 bridgehead atoms. The van der Waals surface area contributed by atoms with Gasteiger partial charge in [-0.2, -0.15) is 5.11 Å². The van der Waals surface area contributed by atoms with Crippen molar-refractivity contribution >= 4 is 22.8 Å². The van der Waals surface area contributed by atoms with E-state index in [1.165, 1.54) is 19.3 Å². The fraction of sp³-hybridized carbons (Fsp3) is 0.294. The molecule has 1 aliphatic rings. The van der Waals surface area contributed by atoms with Gasteiger partial charge in [-0.3, -0.25) is 0 Å². The highest BCUT2D eigenvalue weighted by atomic mass is 15.3. The van der Waals surface area contributed by atoms with Crippen LogP contribution in [0.1, 0.15) is 19.3 Å². The number of benzene rings is 1. The van der Waals surface area contributed by atoms with Crippen molar-refractivity contribution in [2.24, 2.45) is 5.11 Å². The van der Waals surface area contributed by atoms with Crippen LogP contribution in [0, 0.1) is 5.53 Å². The average Bonchev–Trinajstić information content (AvgIpc) is 3.00. The van der Waals surface area contributed by atoms with Crippen molar-refractivity contribution in [2.45, 2.75) is 25.3 Å². The molecule has 3 N–H and O–H groups in total. The Morgan fingerprint density at radius 1 is 1.29 bits per heavy atom. The maximum Gasteiger partial charge on any atom is 0.241 e. The van der Waals surface area contributed by atoms with Crippen LogP contribution in [0.15, 0.2) is 41.8 Å². The molecule has 2 heterocycles. The minimum absolute atomic E-state index is 0.511. The van der Waals surface area contributed by atoms with Crippen molar-refractivity contribution in [3.63, 3.8) is 0 Å². The molecule has 0 aliphatic heterocycles. The third-order valence-electron chi connectivity index (χ3n) is 4.55. The maximum atomic E-state index is 7.22. The van der Waals surface area contributed by atoms with Crippen molar-refractivity contribution in [2.75, 3.05) is 17.7 Å². The lowest BCUT2D eigenvalue weighted by Gasteiger charge is -2.26. The summed E-state index contributed by atoms with van der Waals surface area (Å²) in [6.45, 7) is 0. The molecule has 4 rings (SSSR count). The number of aromatic nitrogens is 3. The van der Waals surface area contributed by atoms with Gasteiger partial charge >= 0.3 is 0 Å². The van der Waals surface area contributed by atoms with Gasteiger partial charge in [0.15, 0.2) is 0 Å². The molecule has 0 atom stereocenters. The number of nitrogens with zero attached hydrogens (tertiary/aromatic N) is 4. The molecule has 0 unspecified atom stereocenters. The van der Waals surface area contributed by atoms with Gasteiger partial charge in [-0.25, -0.2) is 15.0 Å². The Hall–Kier alpha value is -2.96. The van der Waals surface area contributed by atoms with Gasteiger partial charge in [-0.05, 0) is 43.0 Å². The lowest BCUT2D eigenvalue weighted by Crippen LogP contribution is -2.28. The molecule has 0 amide bonds. The van der Waals surface area contributed by atoms with Crippen LogP contribution in [0.25, 0.3) is 16.6 Å². The van der Waals surface area contributed by atoms with E-state index >= 15 is 0 Å². The fourth-order valence-electron chi connectivity index (χ4n) is 2.95. The Morgan fingerprint density at radius 3 is 2.88 bits per heavy atom. The Balaban J connectivity index is 1.70. The first-order valence-electron chi connectivity index (χ1n) is 8.09. The predicted octanol–water partition coefficient (Wildman–Crippen LogP) is 4.06. The third kappa shape index (κ3) is 2.47. The Labute approximate surface area is 139 Å². The molecule has 7 nitrogen and oxygen atoms in total. The van der Waals surface area contributed by atoms with E-state index in [0.717, 1.165) is 22.3 Å². The predicted molar refractivity (Wildman–Crippen MR) is 94.0 cm³/mol. The first kappa shape index (κ1) is 14.6. The molecule has 3 aromatic rings. The molecule has 1 aliphatic carbocycles. The van der Waals surface area contributed by atoms with E-state index in [4.69, 9.17) is 5.53 Å². The Bertz CT molecular complexity index is 895. The summed E-state index contributed by atoms with van der Waals surface area (Å²) in [7, 11) is 1.83. The van der Waals surface area contributed by atoms with Gasteiger partial charge in [0.05, 0.1) is 17.4 Å². The van der Waals surface area contributed by atoms with Gasteiger partial charge in [0.25, 0.3) is 0 Å². The molecular weight excluding hydrogens is 302 g/mol. The molecule has 122 valence electrons. The molecule has 2 aromatic heterocycles. The van der Waals surface area contributed by atoms with Gasteiger partial charge in [-0.1, -0.05) is 6.07 Å². The summed E-state index contributed by atoms with van der Waals surface area (Å²) < 4.78 is 1.85. The summed E-state index contributed by atoms with van der Waals surface area (Å²) in [5, 5.41) is 14.5. The average molecular weight is 321 g/mol. The zero-order valence-electron chi connectivity index (χ0n) is 13.5. The summed E-state index contributed by atoms with van der Waals surface area (Å²) in [5.74, 6) is 0.675. The summed E-state index contributed by atoms with van der Waals surface area (Å²) in [6, 6.07) is 8.33. The standard InChI is InChI=1S/C17H19N7/c1-19-15-9-11(5-6-14(15)22-18)13-7-8-24-16(13)10-20-17(23-24)21-12-3-2-4-12/h5-10,12,18-19H,2-4H2,1H3,(H,21,23). The molecule has 0 spiro atoms. The normalized spacial score (nSPS) is 14.4. The maximum absolute atomic E-state index is 7.22. The number of anilines is 2. The van der Waals surface area contributed by atoms with Gasteiger partial charge in [0, 0.05) is 24.8 Å². The van der Waals surface area contributed by atoms with Crippen LogP contribution in [0.2, 0.25) is 0 Å². The van der Waals surface area contributed by atoms with Crippen molar-refractivity contribution in [3.8, 4) is 11.1 Å². The van der Waals surface area contributed by atoms with E-state index in [-0.39, 0.29) is 0 Å². The SMILES string of the molecule is CNc1cc(-c2ccn3nc(NC4CCC4)ncc23)ccc1N=N. The van der Waals surface area contributed by atoms with Crippen molar-refractivity contribution in [1.82, 2.24) is 14.6 Å². The molecule has 1 saturated carbocycles. The second kappa shape index (κ2) is 5.92. The highest BCUT2D eigenvalue weighted by Gasteiger charge is 2.18. The van der Waals surface area contributed by atoms with E-state index < -0.39 is 0 Å². The quantitative estimate of drug-likeness (QED) is 0.618. The number of rotatable bonds is 5. The van der Waals surface area contributed by atoms with Gasteiger partial charge in [0.2, 0.25) is 5.95 Å². The summed E-state index contributed by atoms with van der Waals surface area (Å²) in [5.41, 5.74) is 11.7. The molecule has 7 heteroatoms. The largest absolute Gasteiger partial charge is 0.386 e. The number of fused-ring (bicyclic) bond motifs is 1. The first-order valence-corrected chi connectivity index (χ1v) is 8.09. The monoisotopic (exact) mass is 321 g/mol. The van der Waals surface area contributed by atoms with Crippen LogP contribution in [-0.4, -0.2) is 27.7 Å². The highest BCUT2D eigenvalue weighted by molar-refractivity contribution is 5.84. The number of nitrogens with one attached hydrogen (secondary N) is 3. The van der Waals surface area contributed by atoms with Crippen LogP contribution in [0.5, 0.6) is 0 Å². The smallest absolute Gasteiger partial charge is 0.241 e. The van der Waals surface area contributed by atoms with Gasteiger partial charge in [0.1, 0.15) is 5.69 Å². The molecule has 0 saturated heterocycles. The zero-order valence-corrected chi connectivity index (χ0v) is 13.5. The summed E-state index contributed by atoms with van der Waals surface area (Å²) in [6.07, 6.45) is 7.46. The molecule has 24 heavy (non-hydrogen) atoms. The minimum atomic E-state index is 0.511. The zero-order chi connectivity index (χ0) is 16.5. The number of hydrogen-bond donors (Lipinski definition) is 3. The van der Waals surface area contributed by atoms with Gasteiger partial charge in [-0.15, -0.1) is 5.10 Å². The molecule has 0 radical (unpaired) electrons. The molecule has 1 aromatic carbocycles. The van der Waals surface area contributed by atoms with E-state index in [1.807, 2.05) is 48.2 Å². The number of hydrogen-bond acceptors (Lipinski definition) is 6. The lowest BCUT2D eigenvalue weighted by atomic mass is 9.93. The van der Waals surface area contributed by atoms with Crippen LogP contribution >= 0.6 is 0 Å². The van der Waals surface area contributed by atoms with Crippen LogP contribution in [0.3, 0.4) is 0 Å². The van der Waals surface area contributed by atoms with E-state index in [1.54, 1.807) is 0 Å². The van der Waals surface area contributed by atoms with Crippen LogP contribution in [-0.2, 0) is 0 Å². The lowest BCUT2D eigenvalue weighted by molar-refractivity contribution is 0.442. The molecular formula is C17H19N7. The third-order valence-corrected chi connectivity index (χ3v) is 4.55. The first-order chi connectivity index (χ1) is 11.8. The topological polar surface area (TPSA) is 90.5 Å². The van der Waals surface area contributed by atoms with Crippen LogP contribution < -0.4 is 10.6 Å². The van der Waals surface area contributed by atoms with E-state index in [9.17, 15) is 0 Å². The Kier molecular flexibility index (Phi) is 3.60. The second-order valence-electron chi connectivity index (χ2n) is 6.01. The van der Waals surface area contributed by atoms with E-state index in [0.29, 0.717) is 17.7 Å². The Morgan fingerprint density at radius 2 is 2.17 bits per heavy atom. The summed E-state index contributed by atoms with van der Waals surface area (Å²) in [4.78, 5) is 4.46. The molecule has 1 fully saturated rings. The van der Waals surface area contributed by atoms with Crippen LogP contribution in [0.4, 0.5) is 17.3 Å². The van der Waals surface area contributed by atoms with Crippen molar-refractivity contribution < 1.29 is 0 Å². The summed E-state index contributed by atoms with van der Waals surface area (Å²) >= 11 is 0. The highest BCUT2D eigenvalue weighted by Crippen LogP contribution is 2.33. The van der Waals surface area contributed by atoms with Crippen molar-refractivity contribution in [1.29, 1.82) is 5.53 Å². The fourth-order valence-corrected chi connectivity index (χ4v) is 2.95. The van der Waals surface area contributed by atoms with Gasteiger partial charge < -0.3 is 10.6 Å². The minimum Gasteiger partial charge on any atom is -0.386 e. The van der Waals surface area contributed by atoms with Crippen molar-refractivity contribution in [3.05, 3.63) is 36.7 Å². The second-order valence-corrected chi connectivity index (χ2v) is 6.01.